The maximum Gasteiger partial charge on any atom is 0.163 e. The van der Waals surface area contributed by atoms with Crippen molar-refractivity contribution in [2.45, 2.75) is 74.7 Å². The maximum absolute atomic E-state index is 13.7. The maximum atomic E-state index is 13.7. The summed E-state index contributed by atoms with van der Waals surface area (Å²) < 4.78 is 46.3. The van der Waals surface area contributed by atoms with Crippen LogP contribution >= 0.6 is 11.6 Å². The van der Waals surface area contributed by atoms with E-state index in [-0.39, 0.29) is 29.1 Å². The van der Waals surface area contributed by atoms with Crippen molar-refractivity contribution in [3.8, 4) is 0 Å². The summed E-state index contributed by atoms with van der Waals surface area (Å²) in [6.45, 7) is 7.00. The lowest BCUT2D eigenvalue weighted by Crippen LogP contribution is -2.34. The smallest absolute Gasteiger partial charge is 0.163 e. The zero-order chi connectivity index (χ0) is 24.5. The molecule has 0 unspecified atom stereocenters. The Morgan fingerprint density at radius 1 is 1.24 bits per heavy atom. The van der Waals surface area contributed by atoms with Gasteiger partial charge in [0.25, 0.3) is 0 Å². The molecule has 1 aliphatic carbocycles. The summed E-state index contributed by atoms with van der Waals surface area (Å²) in [5, 5.41) is 8.24. The zero-order valence-corrected chi connectivity index (χ0v) is 21.5. The van der Waals surface area contributed by atoms with Gasteiger partial charge in [-0.2, -0.15) is 0 Å². The Kier molecular flexibility index (Phi) is 7.58. The molecule has 2 aliphatic rings. The van der Waals surface area contributed by atoms with E-state index in [1.165, 1.54) is 12.4 Å². The average molecular weight is 514 g/mol. The molecule has 188 valence electrons. The van der Waals surface area contributed by atoms with Gasteiger partial charge in [0.05, 0.1) is 35.1 Å². The molecule has 1 saturated carbocycles. The minimum Gasteiger partial charge on any atom is -0.382 e. The molecule has 2 aromatic heterocycles. The summed E-state index contributed by atoms with van der Waals surface area (Å²) in [5.74, 6) is 1.29. The predicted molar refractivity (Wildman–Crippen MR) is 125 cm³/mol. The van der Waals surface area contributed by atoms with Crippen LogP contribution in [0, 0.1) is 0 Å². The van der Waals surface area contributed by atoms with Crippen LogP contribution in [-0.4, -0.2) is 71.4 Å². The highest BCUT2D eigenvalue weighted by atomic mass is 35.5. The van der Waals surface area contributed by atoms with Crippen LogP contribution in [0.15, 0.2) is 12.4 Å². The Labute approximate surface area is 205 Å². The molecule has 2 fully saturated rings. The van der Waals surface area contributed by atoms with Crippen molar-refractivity contribution < 1.29 is 22.6 Å². The first kappa shape index (κ1) is 25.4. The molecule has 2 aromatic rings. The fraction of sp³-hybridized carbons (Fsp3) is 0.727. The SMILES string of the molecule is COCC1(n2c(CS(=O)(=O)[C@@H](C)[C@@H](OC(C)C)c3ncc(Cl)cn3)nnc2[C@H]2CCOC2)CC1. The second kappa shape index (κ2) is 10.1. The molecule has 4 rings (SSSR count). The molecule has 0 bridgehead atoms. The van der Waals surface area contributed by atoms with E-state index in [1.54, 1.807) is 14.0 Å². The van der Waals surface area contributed by atoms with Gasteiger partial charge in [0, 0.05) is 32.0 Å². The molecule has 12 heteroatoms. The van der Waals surface area contributed by atoms with Crippen molar-refractivity contribution in [2.75, 3.05) is 26.9 Å². The number of nitrogens with zero attached hydrogens (tertiary/aromatic N) is 5. The van der Waals surface area contributed by atoms with Crippen LogP contribution in [0.4, 0.5) is 0 Å². The van der Waals surface area contributed by atoms with Gasteiger partial charge in [0.1, 0.15) is 23.5 Å². The van der Waals surface area contributed by atoms with E-state index in [0.717, 1.165) is 25.1 Å². The van der Waals surface area contributed by atoms with Crippen molar-refractivity contribution in [1.82, 2.24) is 24.7 Å². The lowest BCUT2D eigenvalue weighted by molar-refractivity contribution is 0.00142. The number of ether oxygens (including phenoxy) is 3. The predicted octanol–water partition coefficient (Wildman–Crippen LogP) is 2.83. The normalized spacial score (nSPS) is 21.6. The average Bonchev–Trinajstić information content (AvgIpc) is 3.18. The Hall–Kier alpha value is -1.66. The second-order valence-electron chi connectivity index (χ2n) is 9.40. The first-order valence-electron chi connectivity index (χ1n) is 11.5. The highest BCUT2D eigenvalue weighted by Crippen LogP contribution is 2.47. The highest BCUT2D eigenvalue weighted by molar-refractivity contribution is 7.91. The summed E-state index contributed by atoms with van der Waals surface area (Å²) in [5.41, 5.74) is -0.308. The van der Waals surface area contributed by atoms with Crippen molar-refractivity contribution in [3.05, 3.63) is 34.9 Å². The Bertz CT molecular complexity index is 1080. The minimum absolute atomic E-state index is 0.0928. The van der Waals surface area contributed by atoms with Crippen molar-refractivity contribution in [1.29, 1.82) is 0 Å². The molecule has 10 nitrogen and oxygen atoms in total. The lowest BCUT2D eigenvalue weighted by Gasteiger charge is -2.26. The third-order valence-electron chi connectivity index (χ3n) is 6.40. The molecular weight excluding hydrogens is 482 g/mol. The molecule has 1 aliphatic heterocycles. The van der Waals surface area contributed by atoms with Crippen molar-refractivity contribution in [2.24, 2.45) is 0 Å². The summed E-state index contributed by atoms with van der Waals surface area (Å²) >= 11 is 5.93. The first-order chi connectivity index (χ1) is 16.2. The third kappa shape index (κ3) is 5.28. The number of halogens is 1. The fourth-order valence-electron chi connectivity index (χ4n) is 4.43. The van der Waals surface area contributed by atoms with Gasteiger partial charge in [-0.15, -0.1) is 10.2 Å². The van der Waals surface area contributed by atoms with Gasteiger partial charge in [-0.1, -0.05) is 11.6 Å². The summed E-state index contributed by atoms with van der Waals surface area (Å²) in [7, 11) is -2.08. The largest absolute Gasteiger partial charge is 0.382 e. The van der Waals surface area contributed by atoms with Crippen LogP contribution < -0.4 is 0 Å². The van der Waals surface area contributed by atoms with Gasteiger partial charge in [-0.3, -0.25) is 0 Å². The van der Waals surface area contributed by atoms with Crippen LogP contribution in [0.1, 0.15) is 69.5 Å². The number of rotatable bonds is 11. The number of sulfone groups is 1. The van der Waals surface area contributed by atoms with Crippen LogP contribution in [0.2, 0.25) is 5.02 Å². The van der Waals surface area contributed by atoms with E-state index in [0.29, 0.717) is 30.7 Å². The van der Waals surface area contributed by atoms with Crippen molar-refractivity contribution >= 4 is 21.4 Å². The molecule has 3 atom stereocenters. The number of hydrogen-bond donors (Lipinski definition) is 0. The van der Waals surface area contributed by atoms with E-state index in [9.17, 15) is 8.42 Å². The fourth-order valence-corrected chi connectivity index (χ4v) is 5.90. The van der Waals surface area contributed by atoms with Crippen LogP contribution in [0.5, 0.6) is 0 Å². The molecule has 1 saturated heterocycles. The van der Waals surface area contributed by atoms with Gasteiger partial charge in [-0.05, 0) is 40.0 Å². The summed E-state index contributed by atoms with van der Waals surface area (Å²) in [6.07, 6.45) is 4.41. The minimum atomic E-state index is -3.73. The van der Waals surface area contributed by atoms with Gasteiger partial charge in [0.2, 0.25) is 0 Å². The molecule has 3 heterocycles. The highest BCUT2D eigenvalue weighted by Gasteiger charge is 2.49. The standard InChI is InChI=1S/C22H32ClN5O5S/c1-14(2)33-19(20-24-9-17(23)10-25-20)15(3)34(29,30)12-18-26-27-21(16-5-8-32-11-16)28(18)22(6-7-22)13-31-4/h9-10,14-16,19H,5-8,11-13H2,1-4H3/t15-,16-,19+/m0/s1. The van der Waals surface area contributed by atoms with E-state index >= 15 is 0 Å². The van der Waals surface area contributed by atoms with E-state index in [2.05, 4.69) is 20.2 Å². The van der Waals surface area contributed by atoms with E-state index < -0.39 is 21.2 Å². The Morgan fingerprint density at radius 3 is 2.50 bits per heavy atom. The Balaban J connectivity index is 1.66. The molecular formula is C22H32ClN5O5S. The molecule has 0 amide bonds. The number of methoxy groups -OCH3 is 1. The molecule has 0 aromatic carbocycles. The Morgan fingerprint density at radius 2 is 1.94 bits per heavy atom. The van der Waals surface area contributed by atoms with Crippen LogP contribution in [-0.2, 0) is 35.3 Å². The monoisotopic (exact) mass is 513 g/mol. The van der Waals surface area contributed by atoms with Gasteiger partial charge < -0.3 is 18.8 Å². The quantitative estimate of drug-likeness (QED) is 0.446. The second-order valence-corrected chi connectivity index (χ2v) is 12.2. The van der Waals surface area contributed by atoms with Gasteiger partial charge in [0.15, 0.2) is 15.7 Å². The third-order valence-corrected chi connectivity index (χ3v) is 8.64. The molecule has 0 spiro atoms. The van der Waals surface area contributed by atoms with Crippen LogP contribution in [0.3, 0.4) is 0 Å². The van der Waals surface area contributed by atoms with Gasteiger partial charge >= 0.3 is 0 Å². The van der Waals surface area contributed by atoms with E-state index in [1.807, 2.05) is 18.4 Å². The molecule has 0 radical (unpaired) electrons. The first-order valence-corrected chi connectivity index (χ1v) is 13.6. The number of hydrogen-bond acceptors (Lipinski definition) is 9. The summed E-state index contributed by atoms with van der Waals surface area (Å²) in [6, 6.07) is 0. The number of aromatic nitrogens is 5. The lowest BCUT2D eigenvalue weighted by atomic mass is 10.1. The summed E-state index contributed by atoms with van der Waals surface area (Å²) in [4.78, 5) is 8.45. The zero-order valence-electron chi connectivity index (χ0n) is 20.0. The molecule has 34 heavy (non-hydrogen) atoms. The molecule has 0 N–H and O–H groups in total. The topological polar surface area (TPSA) is 118 Å². The van der Waals surface area contributed by atoms with E-state index in [4.69, 9.17) is 25.8 Å². The van der Waals surface area contributed by atoms with Gasteiger partial charge in [-0.25, -0.2) is 18.4 Å². The van der Waals surface area contributed by atoms with Crippen LogP contribution in [0.25, 0.3) is 0 Å². The van der Waals surface area contributed by atoms with Crippen molar-refractivity contribution in [3.63, 3.8) is 0 Å².